The van der Waals surface area contributed by atoms with E-state index in [0.717, 1.165) is 17.3 Å². The molecular weight excluding hydrogens is 315 g/mol. The monoisotopic (exact) mass is 336 g/mol. The number of nitrogens with zero attached hydrogens (tertiary/aromatic N) is 1. The van der Waals surface area contributed by atoms with Crippen molar-refractivity contribution in [3.05, 3.63) is 71.9 Å². The van der Waals surface area contributed by atoms with Gasteiger partial charge < -0.3 is 9.88 Å². The first-order chi connectivity index (χ1) is 12.2. The lowest BCUT2D eigenvalue weighted by Gasteiger charge is -2.26. The fourth-order valence-corrected chi connectivity index (χ4v) is 3.68. The number of carbonyl (C=O) groups excluding carboxylic acids is 1. The zero-order chi connectivity index (χ0) is 17.2. The Kier molecular flexibility index (Phi) is 4.26. The molecule has 4 heteroatoms. The number of aromatic nitrogens is 1. The van der Waals surface area contributed by atoms with Crippen LogP contribution in [-0.2, 0) is 11.3 Å². The SMILES string of the molecule is O=C1CCCC(C(F)c2cn(Cc3ccccc3)c3ccccc23)N1. The third-order valence-electron chi connectivity index (χ3n) is 4.93. The van der Waals surface area contributed by atoms with E-state index in [1.54, 1.807) is 0 Å². The molecule has 1 N–H and O–H groups in total. The average molecular weight is 336 g/mol. The summed E-state index contributed by atoms with van der Waals surface area (Å²) in [6.07, 6.45) is 2.65. The number of para-hydroxylation sites is 1. The molecule has 1 amide bonds. The summed E-state index contributed by atoms with van der Waals surface area (Å²) in [5.41, 5.74) is 2.86. The summed E-state index contributed by atoms with van der Waals surface area (Å²) >= 11 is 0. The molecular formula is C21H21FN2O. The molecule has 0 radical (unpaired) electrons. The van der Waals surface area contributed by atoms with Gasteiger partial charge >= 0.3 is 0 Å². The van der Waals surface area contributed by atoms with Crippen molar-refractivity contribution >= 4 is 16.8 Å². The highest BCUT2D eigenvalue weighted by atomic mass is 19.1. The number of carbonyl (C=O) groups is 1. The number of hydrogen-bond acceptors (Lipinski definition) is 1. The number of benzene rings is 2. The predicted octanol–water partition coefficient (Wildman–Crippen LogP) is 4.37. The normalized spacial score (nSPS) is 18.9. The molecule has 4 rings (SSSR count). The summed E-state index contributed by atoms with van der Waals surface area (Å²) in [7, 11) is 0. The van der Waals surface area contributed by atoms with Crippen LogP contribution in [0.5, 0.6) is 0 Å². The van der Waals surface area contributed by atoms with E-state index in [1.165, 1.54) is 5.56 Å². The van der Waals surface area contributed by atoms with Gasteiger partial charge in [0, 0.05) is 35.6 Å². The van der Waals surface area contributed by atoms with Gasteiger partial charge in [-0.05, 0) is 24.5 Å². The Hall–Kier alpha value is -2.62. The van der Waals surface area contributed by atoms with Gasteiger partial charge in [-0.25, -0.2) is 4.39 Å². The van der Waals surface area contributed by atoms with Gasteiger partial charge in [-0.15, -0.1) is 0 Å². The fourth-order valence-electron chi connectivity index (χ4n) is 3.68. The van der Waals surface area contributed by atoms with Crippen molar-refractivity contribution in [1.29, 1.82) is 0 Å². The largest absolute Gasteiger partial charge is 0.350 e. The van der Waals surface area contributed by atoms with E-state index in [2.05, 4.69) is 22.0 Å². The van der Waals surface area contributed by atoms with Gasteiger partial charge in [-0.1, -0.05) is 48.5 Å². The van der Waals surface area contributed by atoms with Crippen LogP contribution in [0.4, 0.5) is 4.39 Å². The molecule has 0 spiro atoms. The maximum absolute atomic E-state index is 15.2. The fraction of sp³-hybridized carbons (Fsp3) is 0.286. The maximum Gasteiger partial charge on any atom is 0.220 e. The van der Waals surface area contributed by atoms with Crippen molar-refractivity contribution in [2.45, 2.75) is 38.0 Å². The van der Waals surface area contributed by atoms with E-state index in [-0.39, 0.29) is 5.91 Å². The standard InChI is InChI=1S/C21H21FN2O/c22-21(18-10-6-12-20(25)23-18)17-14-24(13-15-7-2-1-3-8-15)19-11-5-4-9-16(17)19/h1-5,7-9,11,14,18,21H,6,10,12-13H2,(H,23,25). The van der Waals surface area contributed by atoms with Crippen LogP contribution in [0.1, 0.15) is 36.6 Å². The van der Waals surface area contributed by atoms with Crippen LogP contribution in [0.25, 0.3) is 10.9 Å². The zero-order valence-corrected chi connectivity index (χ0v) is 14.0. The minimum absolute atomic E-state index is 0.0491. The van der Waals surface area contributed by atoms with Crippen LogP contribution in [0.2, 0.25) is 0 Å². The first-order valence-electron chi connectivity index (χ1n) is 8.77. The third kappa shape index (κ3) is 3.16. The van der Waals surface area contributed by atoms with Crippen LogP contribution < -0.4 is 5.32 Å². The summed E-state index contributed by atoms with van der Waals surface area (Å²) in [5.74, 6) is -0.0491. The second kappa shape index (κ2) is 6.71. The van der Waals surface area contributed by atoms with Gasteiger partial charge in [0.15, 0.2) is 0 Å². The molecule has 128 valence electrons. The van der Waals surface area contributed by atoms with E-state index >= 15 is 4.39 Å². The lowest BCUT2D eigenvalue weighted by Crippen LogP contribution is -2.41. The highest BCUT2D eigenvalue weighted by molar-refractivity contribution is 5.85. The molecule has 1 aliphatic heterocycles. The van der Waals surface area contributed by atoms with Gasteiger partial charge in [0.1, 0.15) is 6.17 Å². The van der Waals surface area contributed by atoms with Crippen molar-refractivity contribution in [1.82, 2.24) is 9.88 Å². The number of alkyl halides is 1. The van der Waals surface area contributed by atoms with Crippen molar-refractivity contribution in [3.63, 3.8) is 0 Å². The summed E-state index contributed by atoms with van der Waals surface area (Å²) in [6.45, 7) is 0.700. The van der Waals surface area contributed by atoms with E-state index in [1.807, 2.05) is 48.7 Å². The van der Waals surface area contributed by atoms with E-state index < -0.39 is 12.2 Å². The zero-order valence-electron chi connectivity index (χ0n) is 14.0. The van der Waals surface area contributed by atoms with Gasteiger partial charge in [-0.3, -0.25) is 4.79 Å². The Morgan fingerprint density at radius 1 is 1.12 bits per heavy atom. The molecule has 1 saturated heterocycles. The summed E-state index contributed by atoms with van der Waals surface area (Å²) in [6, 6.07) is 17.6. The molecule has 25 heavy (non-hydrogen) atoms. The number of rotatable bonds is 4. The van der Waals surface area contributed by atoms with Crippen molar-refractivity contribution in [2.75, 3.05) is 0 Å². The molecule has 2 heterocycles. The number of piperidine rings is 1. The van der Waals surface area contributed by atoms with E-state index in [4.69, 9.17) is 0 Å². The number of amides is 1. The first-order valence-corrected chi connectivity index (χ1v) is 8.77. The molecule has 0 saturated carbocycles. The van der Waals surface area contributed by atoms with Crippen molar-refractivity contribution < 1.29 is 9.18 Å². The second-order valence-electron chi connectivity index (χ2n) is 6.68. The quantitative estimate of drug-likeness (QED) is 0.754. The van der Waals surface area contributed by atoms with Crippen LogP contribution in [0.3, 0.4) is 0 Å². The van der Waals surface area contributed by atoms with Crippen molar-refractivity contribution in [2.24, 2.45) is 0 Å². The Labute approximate surface area is 146 Å². The highest BCUT2D eigenvalue weighted by Gasteiger charge is 2.29. The van der Waals surface area contributed by atoms with Crippen LogP contribution >= 0.6 is 0 Å². The lowest BCUT2D eigenvalue weighted by atomic mass is 9.95. The van der Waals surface area contributed by atoms with Crippen LogP contribution in [-0.4, -0.2) is 16.5 Å². The van der Waals surface area contributed by atoms with E-state index in [0.29, 0.717) is 24.9 Å². The van der Waals surface area contributed by atoms with Gasteiger partial charge in [0.25, 0.3) is 0 Å². The molecule has 1 fully saturated rings. The molecule has 0 bridgehead atoms. The molecule has 2 aromatic carbocycles. The Morgan fingerprint density at radius 2 is 1.88 bits per heavy atom. The topological polar surface area (TPSA) is 34.0 Å². The predicted molar refractivity (Wildman–Crippen MR) is 97.1 cm³/mol. The first kappa shape index (κ1) is 15.9. The molecule has 1 aliphatic rings. The molecule has 2 atom stereocenters. The van der Waals surface area contributed by atoms with Gasteiger partial charge in [0.05, 0.1) is 6.04 Å². The van der Waals surface area contributed by atoms with Crippen molar-refractivity contribution in [3.8, 4) is 0 Å². The smallest absolute Gasteiger partial charge is 0.220 e. The Morgan fingerprint density at radius 3 is 2.68 bits per heavy atom. The Bertz CT molecular complexity index is 887. The molecule has 1 aromatic heterocycles. The number of halogens is 1. The van der Waals surface area contributed by atoms with Gasteiger partial charge in [0.2, 0.25) is 5.91 Å². The number of hydrogen-bond donors (Lipinski definition) is 1. The number of nitrogens with one attached hydrogen (secondary N) is 1. The lowest BCUT2D eigenvalue weighted by molar-refractivity contribution is -0.124. The maximum atomic E-state index is 15.2. The molecule has 2 unspecified atom stereocenters. The van der Waals surface area contributed by atoms with Gasteiger partial charge in [-0.2, -0.15) is 0 Å². The molecule has 0 aliphatic carbocycles. The minimum Gasteiger partial charge on any atom is -0.350 e. The second-order valence-corrected chi connectivity index (χ2v) is 6.68. The third-order valence-corrected chi connectivity index (χ3v) is 4.93. The highest BCUT2D eigenvalue weighted by Crippen LogP contribution is 2.33. The number of fused-ring (bicyclic) bond motifs is 1. The molecule has 3 aromatic rings. The minimum atomic E-state index is -1.19. The van der Waals surface area contributed by atoms with E-state index in [9.17, 15) is 4.79 Å². The average Bonchev–Trinajstić information content (AvgIpc) is 3.01. The van der Waals surface area contributed by atoms with Crippen LogP contribution in [0, 0.1) is 0 Å². The summed E-state index contributed by atoms with van der Waals surface area (Å²) in [4.78, 5) is 11.6. The Balaban J connectivity index is 1.70. The summed E-state index contributed by atoms with van der Waals surface area (Å²) in [5, 5.41) is 3.74. The van der Waals surface area contributed by atoms with Crippen LogP contribution in [0.15, 0.2) is 60.8 Å². The summed E-state index contributed by atoms with van der Waals surface area (Å²) < 4.78 is 17.3. The molecule has 3 nitrogen and oxygen atoms in total.